The number of rotatable bonds is 9. The fourth-order valence-corrected chi connectivity index (χ4v) is 4.92. The molecule has 0 aliphatic carbocycles. The summed E-state index contributed by atoms with van der Waals surface area (Å²) in [4.78, 5) is 13.0. The zero-order valence-electron chi connectivity index (χ0n) is 19.0. The van der Waals surface area contributed by atoms with Crippen molar-refractivity contribution in [1.82, 2.24) is 4.31 Å². The molecule has 0 saturated carbocycles. The molecular weight excluding hydrogens is 503 g/mol. The highest BCUT2D eigenvalue weighted by molar-refractivity contribution is 7.89. The molecule has 1 amide bonds. The maximum absolute atomic E-state index is 14.4. The molecule has 36 heavy (non-hydrogen) atoms. The molecule has 0 aromatic heterocycles. The molecule has 0 bridgehead atoms. The number of para-hydroxylation sites is 3. The van der Waals surface area contributed by atoms with Crippen LogP contribution in [0.2, 0.25) is 5.02 Å². The van der Waals surface area contributed by atoms with Crippen molar-refractivity contribution in [2.75, 3.05) is 11.9 Å². The van der Waals surface area contributed by atoms with Gasteiger partial charge in [-0.25, -0.2) is 12.8 Å². The van der Waals surface area contributed by atoms with E-state index >= 15 is 0 Å². The van der Waals surface area contributed by atoms with Gasteiger partial charge in [0.05, 0.1) is 17.1 Å². The van der Waals surface area contributed by atoms with Crippen molar-refractivity contribution in [2.45, 2.75) is 11.4 Å². The van der Waals surface area contributed by atoms with Crippen molar-refractivity contribution in [1.29, 1.82) is 0 Å². The lowest BCUT2D eigenvalue weighted by Gasteiger charge is -2.22. The maximum atomic E-state index is 14.4. The van der Waals surface area contributed by atoms with Gasteiger partial charge in [-0.05, 0) is 54.6 Å². The van der Waals surface area contributed by atoms with E-state index in [9.17, 15) is 17.6 Å². The van der Waals surface area contributed by atoms with E-state index in [1.165, 1.54) is 42.5 Å². The lowest BCUT2D eigenvalue weighted by Crippen LogP contribution is -2.37. The van der Waals surface area contributed by atoms with Gasteiger partial charge in [-0.3, -0.25) is 4.79 Å². The number of amides is 1. The van der Waals surface area contributed by atoms with Crippen LogP contribution in [-0.2, 0) is 21.4 Å². The second-order valence-corrected chi connectivity index (χ2v) is 10.2. The van der Waals surface area contributed by atoms with Crippen LogP contribution in [0.3, 0.4) is 0 Å². The molecule has 0 atom stereocenters. The number of anilines is 1. The summed E-state index contributed by atoms with van der Waals surface area (Å²) in [5.41, 5.74) is 0.497. The number of nitrogens with zero attached hydrogens (tertiary/aromatic N) is 1. The molecule has 0 spiro atoms. The van der Waals surface area contributed by atoms with Gasteiger partial charge in [0.25, 0.3) is 0 Å². The number of halogens is 2. The molecule has 4 aromatic rings. The zero-order chi connectivity index (χ0) is 25.5. The molecule has 0 fully saturated rings. The average Bonchev–Trinajstić information content (AvgIpc) is 2.87. The van der Waals surface area contributed by atoms with Crippen LogP contribution < -0.4 is 10.1 Å². The fraction of sp³-hybridized carbons (Fsp3) is 0.0741. The Morgan fingerprint density at radius 1 is 0.861 bits per heavy atom. The van der Waals surface area contributed by atoms with Gasteiger partial charge < -0.3 is 10.1 Å². The van der Waals surface area contributed by atoms with E-state index in [1.807, 2.05) is 18.2 Å². The quantitative estimate of drug-likeness (QED) is 0.287. The number of sulfonamides is 1. The van der Waals surface area contributed by atoms with Crippen LogP contribution in [-0.4, -0.2) is 25.2 Å². The number of nitrogens with one attached hydrogen (secondary N) is 1. The Hall–Kier alpha value is -3.72. The molecule has 4 aromatic carbocycles. The molecule has 0 aliphatic rings. The summed E-state index contributed by atoms with van der Waals surface area (Å²) in [5.74, 6) is -0.229. The lowest BCUT2D eigenvalue weighted by atomic mass is 10.2. The summed E-state index contributed by atoms with van der Waals surface area (Å²) in [5, 5.41) is 3.07. The third-order valence-electron chi connectivity index (χ3n) is 5.21. The van der Waals surface area contributed by atoms with Crippen LogP contribution in [0.1, 0.15) is 5.56 Å². The Kier molecular flexibility index (Phi) is 8.00. The normalized spacial score (nSPS) is 11.3. The standard InChI is InChI=1S/C27H22ClFN2O4S/c28-21-14-16-23(17-15-21)36(33,34)31(18-20-8-4-5-11-24(20)29)19-27(32)30-25-12-6-7-13-26(25)35-22-9-2-1-3-10-22/h1-17H,18-19H2,(H,30,32). The maximum Gasteiger partial charge on any atom is 0.243 e. The van der Waals surface area contributed by atoms with E-state index in [0.717, 1.165) is 4.31 Å². The van der Waals surface area contributed by atoms with Gasteiger partial charge in [0.2, 0.25) is 15.9 Å². The smallest absolute Gasteiger partial charge is 0.243 e. The molecule has 0 heterocycles. The van der Waals surface area contributed by atoms with Crippen molar-refractivity contribution >= 4 is 33.2 Å². The molecule has 4 rings (SSSR count). The van der Waals surface area contributed by atoms with E-state index in [2.05, 4.69) is 5.32 Å². The van der Waals surface area contributed by atoms with E-state index in [1.54, 1.807) is 42.5 Å². The Morgan fingerprint density at radius 2 is 1.50 bits per heavy atom. The Bertz CT molecular complexity index is 1450. The minimum absolute atomic E-state index is 0.0659. The van der Waals surface area contributed by atoms with Gasteiger partial charge in [0, 0.05) is 17.1 Å². The molecule has 0 unspecified atom stereocenters. The van der Waals surface area contributed by atoms with Crippen LogP contribution in [0, 0.1) is 5.82 Å². The zero-order valence-corrected chi connectivity index (χ0v) is 20.5. The van der Waals surface area contributed by atoms with Crippen LogP contribution in [0.25, 0.3) is 0 Å². The van der Waals surface area contributed by atoms with Crippen molar-refractivity contribution in [2.24, 2.45) is 0 Å². The molecule has 184 valence electrons. The highest BCUT2D eigenvalue weighted by atomic mass is 35.5. The number of hydrogen-bond acceptors (Lipinski definition) is 4. The highest BCUT2D eigenvalue weighted by Crippen LogP contribution is 2.29. The third kappa shape index (κ3) is 6.28. The first-order valence-electron chi connectivity index (χ1n) is 10.9. The molecule has 0 radical (unpaired) electrons. The first-order chi connectivity index (χ1) is 17.3. The summed E-state index contributed by atoms with van der Waals surface area (Å²) in [6.07, 6.45) is 0. The first-order valence-corrected chi connectivity index (χ1v) is 12.8. The summed E-state index contributed by atoms with van der Waals surface area (Å²) in [6.45, 7) is -0.897. The van der Waals surface area contributed by atoms with Crippen molar-refractivity contribution in [3.63, 3.8) is 0 Å². The average molecular weight is 525 g/mol. The minimum Gasteiger partial charge on any atom is -0.455 e. The molecule has 0 saturated heterocycles. The summed E-state index contributed by atoms with van der Waals surface area (Å²) < 4.78 is 48.0. The number of carbonyl (C=O) groups excluding carboxylic acids is 1. The second-order valence-electron chi connectivity index (χ2n) is 7.78. The van der Waals surface area contributed by atoms with Crippen molar-refractivity contribution in [3.05, 3.63) is 120 Å². The van der Waals surface area contributed by atoms with E-state index < -0.39 is 28.3 Å². The van der Waals surface area contributed by atoms with Crippen molar-refractivity contribution in [3.8, 4) is 11.5 Å². The highest BCUT2D eigenvalue weighted by Gasteiger charge is 2.28. The third-order valence-corrected chi connectivity index (χ3v) is 7.27. The largest absolute Gasteiger partial charge is 0.455 e. The molecule has 9 heteroatoms. The van der Waals surface area contributed by atoms with Gasteiger partial charge in [-0.15, -0.1) is 0 Å². The summed E-state index contributed by atoms with van der Waals surface area (Å²) >= 11 is 5.91. The summed E-state index contributed by atoms with van der Waals surface area (Å²) in [7, 11) is -4.16. The topological polar surface area (TPSA) is 75.7 Å². The lowest BCUT2D eigenvalue weighted by molar-refractivity contribution is -0.116. The minimum atomic E-state index is -4.16. The van der Waals surface area contributed by atoms with Gasteiger partial charge >= 0.3 is 0 Å². The number of hydrogen-bond donors (Lipinski definition) is 1. The predicted octanol–water partition coefficient (Wildman–Crippen LogP) is 6.10. The molecular formula is C27H22ClFN2O4S. The summed E-state index contributed by atoms with van der Waals surface area (Å²) in [6, 6.07) is 27.2. The van der Waals surface area contributed by atoms with Crippen LogP contribution >= 0.6 is 11.6 Å². The van der Waals surface area contributed by atoms with Crippen LogP contribution in [0.5, 0.6) is 11.5 Å². The molecule has 1 N–H and O–H groups in total. The Labute approximate surface area is 214 Å². The van der Waals surface area contributed by atoms with Gasteiger partial charge in [0.15, 0.2) is 5.75 Å². The van der Waals surface area contributed by atoms with Gasteiger partial charge in [0.1, 0.15) is 11.6 Å². The Morgan fingerprint density at radius 3 is 2.22 bits per heavy atom. The van der Waals surface area contributed by atoms with E-state index in [-0.39, 0.29) is 17.0 Å². The number of benzene rings is 4. The van der Waals surface area contributed by atoms with Crippen LogP contribution in [0.4, 0.5) is 10.1 Å². The van der Waals surface area contributed by atoms with Gasteiger partial charge in [-0.1, -0.05) is 60.1 Å². The molecule has 6 nitrogen and oxygen atoms in total. The molecule has 0 aliphatic heterocycles. The van der Waals surface area contributed by atoms with Crippen molar-refractivity contribution < 1.29 is 22.3 Å². The van der Waals surface area contributed by atoms with E-state index in [4.69, 9.17) is 16.3 Å². The predicted molar refractivity (Wildman–Crippen MR) is 137 cm³/mol. The monoisotopic (exact) mass is 524 g/mol. The first kappa shape index (κ1) is 25.4. The van der Waals surface area contributed by atoms with E-state index in [0.29, 0.717) is 22.2 Å². The van der Waals surface area contributed by atoms with Crippen LogP contribution in [0.15, 0.2) is 108 Å². The Balaban J connectivity index is 1.59. The SMILES string of the molecule is O=C(CN(Cc1ccccc1F)S(=O)(=O)c1ccc(Cl)cc1)Nc1ccccc1Oc1ccccc1. The number of carbonyl (C=O) groups is 1. The fourth-order valence-electron chi connectivity index (χ4n) is 3.42. The van der Waals surface area contributed by atoms with Gasteiger partial charge in [-0.2, -0.15) is 4.31 Å². The number of ether oxygens (including phenoxy) is 1. The second kappa shape index (κ2) is 11.3.